The first kappa shape index (κ1) is 22.1. The van der Waals surface area contributed by atoms with Gasteiger partial charge in [-0.15, -0.1) is 0 Å². The average molecular weight is 547 g/mol. The van der Waals surface area contributed by atoms with Crippen molar-refractivity contribution in [1.29, 1.82) is 5.26 Å². The average Bonchev–Trinajstić information content (AvgIpc) is 2.74. The number of nitrogens with zero attached hydrogens (tertiary/aromatic N) is 1. The van der Waals surface area contributed by atoms with Crippen LogP contribution in [0.5, 0.6) is 5.75 Å². The van der Waals surface area contributed by atoms with E-state index >= 15 is 0 Å². The molecule has 0 aliphatic carbocycles. The molecule has 0 unspecified atom stereocenters. The van der Waals surface area contributed by atoms with Gasteiger partial charge < -0.3 is 10.1 Å². The number of allylic oxidation sites excluding steroid dienone is 1. The minimum absolute atomic E-state index is 0.140. The van der Waals surface area contributed by atoms with Crippen molar-refractivity contribution in [3.05, 3.63) is 91.8 Å². The fraction of sp³-hybridized carbons (Fsp3) is 0.0435. The lowest BCUT2D eigenvalue weighted by molar-refractivity contribution is -0.118. The number of anilines is 1. The van der Waals surface area contributed by atoms with Crippen molar-refractivity contribution in [1.82, 2.24) is 0 Å². The van der Waals surface area contributed by atoms with Gasteiger partial charge in [0.1, 0.15) is 5.75 Å². The maximum Gasteiger partial charge on any atom is 0.262 e. The number of amides is 1. The second-order valence-corrected chi connectivity index (χ2v) is 8.42. The van der Waals surface area contributed by atoms with Crippen molar-refractivity contribution in [2.24, 2.45) is 0 Å². The van der Waals surface area contributed by atoms with Crippen LogP contribution in [-0.4, -0.2) is 12.5 Å². The van der Waals surface area contributed by atoms with Crippen LogP contribution >= 0.6 is 43.5 Å². The number of carbonyl (C=O) groups is 1. The molecular formula is C23H15Br2ClN2O2. The Morgan fingerprint density at radius 2 is 1.77 bits per heavy atom. The highest BCUT2D eigenvalue weighted by atomic mass is 79.9. The third-order valence-corrected chi connectivity index (χ3v) is 5.43. The zero-order chi connectivity index (χ0) is 21.5. The quantitative estimate of drug-likeness (QED) is 0.269. The summed E-state index contributed by atoms with van der Waals surface area (Å²) in [6, 6.07) is 22.0. The number of nitriles is 1. The summed E-state index contributed by atoms with van der Waals surface area (Å²) in [6.45, 7) is -0.140. The van der Waals surface area contributed by atoms with E-state index in [0.717, 1.165) is 15.6 Å². The van der Waals surface area contributed by atoms with Crippen LogP contribution in [0.3, 0.4) is 0 Å². The van der Waals surface area contributed by atoms with E-state index in [0.29, 0.717) is 26.5 Å². The monoisotopic (exact) mass is 544 g/mol. The van der Waals surface area contributed by atoms with Crippen molar-refractivity contribution < 1.29 is 9.53 Å². The molecule has 1 amide bonds. The summed E-state index contributed by atoms with van der Waals surface area (Å²) >= 11 is 12.7. The molecule has 3 aromatic rings. The van der Waals surface area contributed by atoms with Gasteiger partial charge in [0.2, 0.25) is 0 Å². The van der Waals surface area contributed by atoms with Gasteiger partial charge in [-0.25, -0.2) is 0 Å². The van der Waals surface area contributed by atoms with Crippen LogP contribution in [0.25, 0.3) is 11.6 Å². The molecule has 150 valence electrons. The Kier molecular flexibility index (Phi) is 7.69. The fourth-order valence-electron chi connectivity index (χ4n) is 2.57. The zero-order valence-electron chi connectivity index (χ0n) is 15.5. The molecule has 0 heterocycles. The molecule has 0 bridgehead atoms. The van der Waals surface area contributed by atoms with Gasteiger partial charge in [-0.3, -0.25) is 4.79 Å². The molecule has 0 aliphatic rings. The SMILES string of the molecule is N#C/C(=C\c1ccc(OCC(=O)Nc2ccc(Cl)cc2)c(Br)c1)c1ccc(Br)cc1. The van der Waals surface area contributed by atoms with Crippen molar-refractivity contribution in [2.45, 2.75) is 0 Å². The number of ether oxygens (including phenoxy) is 1. The first-order chi connectivity index (χ1) is 14.4. The maximum absolute atomic E-state index is 12.1. The highest BCUT2D eigenvalue weighted by Gasteiger charge is 2.08. The van der Waals surface area contributed by atoms with Gasteiger partial charge >= 0.3 is 0 Å². The highest BCUT2D eigenvalue weighted by Crippen LogP contribution is 2.28. The summed E-state index contributed by atoms with van der Waals surface area (Å²) < 4.78 is 7.24. The Hall–Kier alpha value is -2.59. The van der Waals surface area contributed by atoms with E-state index in [4.69, 9.17) is 16.3 Å². The summed E-state index contributed by atoms with van der Waals surface area (Å²) in [5.41, 5.74) is 2.85. The Labute approximate surface area is 196 Å². The molecular weight excluding hydrogens is 532 g/mol. The molecule has 0 fully saturated rings. The molecule has 0 saturated heterocycles. The lowest BCUT2D eigenvalue weighted by Crippen LogP contribution is -2.20. The molecule has 1 N–H and O–H groups in total. The van der Waals surface area contributed by atoms with E-state index in [1.165, 1.54) is 0 Å². The number of hydrogen-bond donors (Lipinski definition) is 1. The normalized spacial score (nSPS) is 10.9. The molecule has 0 saturated carbocycles. The largest absolute Gasteiger partial charge is 0.483 e. The molecule has 3 aromatic carbocycles. The Bertz CT molecular complexity index is 1120. The number of carbonyl (C=O) groups excluding carboxylic acids is 1. The summed E-state index contributed by atoms with van der Waals surface area (Å²) in [4.78, 5) is 12.1. The molecule has 7 heteroatoms. The van der Waals surface area contributed by atoms with Crippen molar-refractivity contribution in [2.75, 3.05) is 11.9 Å². The number of halogens is 3. The molecule has 4 nitrogen and oxygen atoms in total. The molecule has 0 atom stereocenters. The van der Waals surface area contributed by atoms with E-state index in [1.54, 1.807) is 36.4 Å². The van der Waals surface area contributed by atoms with E-state index in [1.807, 2.05) is 36.4 Å². The van der Waals surface area contributed by atoms with Gasteiger partial charge in [-0.05, 0) is 81.7 Å². The Morgan fingerprint density at radius 1 is 1.07 bits per heavy atom. The molecule has 0 aliphatic heterocycles. The third kappa shape index (κ3) is 6.20. The molecule has 0 spiro atoms. The van der Waals surface area contributed by atoms with Gasteiger partial charge in [0.25, 0.3) is 5.91 Å². The summed E-state index contributed by atoms with van der Waals surface area (Å²) in [7, 11) is 0. The second kappa shape index (κ2) is 10.4. The number of benzene rings is 3. The third-order valence-electron chi connectivity index (χ3n) is 4.03. The van der Waals surface area contributed by atoms with E-state index in [2.05, 4.69) is 43.2 Å². The predicted molar refractivity (Wildman–Crippen MR) is 127 cm³/mol. The van der Waals surface area contributed by atoms with Gasteiger partial charge in [-0.2, -0.15) is 5.26 Å². The number of hydrogen-bond acceptors (Lipinski definition) is 3. The van der Waals surface area contributed by atoms with Crippen LogP contribution in [0.15, 0.2) is 75.7 Å². The standard InChI is InChI=1S/C23H15Br2ClN2O2/c24-18-4-2-16(3-5-18)17(13-27)11-15-1-10-22(21(25)12-15)30-14-23(29)28-20-8-6-19(26)7-9-20/h1-12H,14H2,(H,28,29)/b17-11+. The molecule has 30 heavy (non-hydrogen) atoms. The van der Waals surface area contributed by atoms with Crippen LogP contribution < -0.4 is 10.1 Å². The van der Waals surface area contributed by atoms with Crippen LogP contribution in [0.1, 0.15) is 11.1 Å². The summed E-state index contributed by atoms with van der Waals surface area (Å²) in [5.74, 6) is 0.246. The van der Waals surface area contributed by atoms with E-state index in [9.17, 15) is 10.1 Å². The van der Waals surface area contributed by atoms with E-state index in [-0.39, 0.29) is 12.5 Å². The maximum atomic E-state index is 12.1. The van der Waals surface area contributed by atoms with Crippen LogP contribution in [0, 0.1) is 11.3 Å². The number of nitrogens with one attached hydrogen (secondary N) is 1. The van der Waals surface area contributed by atoms with Crippen molar-refractivity contribution in [3.63, 3.8) is 0 Å². The summed E-state index contributed by atoms with van der Waals surface area (Å²) in [6.07, 6.45) is 1.80. The lowest BCUT2D eigenvalue weighted by atomic mass is 10.0. The first-order valence-corrected chi connectivity index (χ1v) is 10.8. The van der Waals surface area contributed by atoms with Crippen molar-refractivity contribution >= 4 is 66.7 Å². The van der Waals surface area contributed by atoms with Gasteiger partial charge in [0.05, 0.1) is 16.1 Å². The second-order valence-electron chi connectivity index (χ2n) is 6.21. The Morgan fingerprint density at radius 3 is 2.40 bits per heavy atom. The molecule has 0 aromatic heterocycles. The highest BCUT2D eigenvalue weighted by molar-refractivity contribution is 9.10. The molecule has 0 radical (unpaired) electrons. The minimum Gasteiger partial charge on any atom is -0.483 e. The van der Waals surface area contributed by atoms with Gasteiger partial charge in [-0.1, -0.05) is 45.7 Å². The topological polar surface area (TPSA) is 62.1 Å². The zero-order valence-corrected chi connectivity index (χ0v) is 19.5. The van der Waals surface area contributed by atoms with Crippen LogP contribution in [0.2, 0.25) is 5.02 Å². The van der Waals surface area contributed by atoms with E-state index < -0.39 is 0 Å². The fourth-order valence-corrected chi connectivity index (χ4v) is 3.48. The minimum atomic E-state index is -0.282. The number of rotatable bonds is 6. The molecule has 3 rings (SSSR count). The smallest absolute Gasteiger partial charge is 0.262 e. The first-order valence-electron chi connectivity index (χ1n) is 8.80. The summed E-state index contributed by atoms with van der Waals surface area (Å²) in [5, 5.41) is 12.8. The van der Waals surface area contributed by atoms with Gasteiger partial charge in [0.15, 0.2) is 6.61 Å². The van der Waals surface area contributed by atoms with Crippen molar-refractivity contribution in [3.8, 4) is 11.8 Å². The Balaban J connectivity index is 1.66. The lowest BCUT2D eigenvalue weighted by Gasteiger charge is -2.10. The predicted octanol–water partition coefficient (Wildman–Crippen LogP) is 6.95. The van der Waals surface area contributed by atoms with Crippen LogP contribution in [0.4, 0.5) is 5.69 Å². The van der Waals surface area contributed by atoms with Crippen LogP contribution in [-0.2, 0) is 4.79 Å². The van der Waals surface area contributed by atoms with Gasteiger partial charge in [0, 0.05) is 15.2 Å².